The monoisotopic (exact) mass is 237 g/mol. The van der Waals surface area contributed by atoms with Crippen LogP contribution in [0.25, 0.3) is 0 Å². The van der Waals surface area contributed by atoms with E-state index in [1.54, 1.807) is 24.2 Å². The molecule has 1 saturated carbocycles. The highest BCUT2D eigenvalue weighted by atomic mass is 16.3. The van der Waals surface area contributed by atoms with Crippen molar-refractivity contribution < 1.29 is 9.90 Å². The lowest BCUT2D eigenvalue weighted by Gasteiger charge is -2.31. The Bertz CT molecular complexity index is 364. The molecule has 1 aliphatic carbocycles. The largest absolute Gasteiger partial charge is 0.393 e. The molecule has 0 radical (unpaired) electrons. The van der Waals surface area contributed by atoms with Crippen LogP contribution in [0.2, 0.25) is 0 Å². The highest BCUT2D eigenvalue weighted by Gasteiger charge is 2.26. The second-order valence-electron chi connectivity index (χ2n) is 4.77. The number of aliphatic hydroxyl groups is 1. The summed E-state index contributed by atoms with van der Waals surface area (Å²) in [5, 5.41) is 16.3. The van der Waals surface area contributed by atoms with Crippen LogP contribution in [0.1, 0.15) is 36.2 Å². The summed E-state index contributed by atoms with van der Waals surface area (Å²) in [7, 11) is 1.77. The van der Waals surface area contributed by atoms with E-state index in [0.29, 0.717) is 12.2 Å². The van der Waals surface area contributed by atoms with E-state index in [1.807, 2.05) is 0 Å². The predicted molar refractivity (Wildman–Crippen MR) is 63.5 cm³/mol. The topological polar surface area (TPSA) is 69.2 Å². The summed E-state index contributed by atoms with van der Waals surface area (Å²) in [6, 6.07) is 1.66. The maximum atomic E-state index is 12.0. The van der Waals surface area contributed by atoms with Gasteiger partial charge in [-0.3, -0.25) is 9.89 Å². The second kappa shape index (κ2) is 5.31. The maximum Gasteiger partial charge on any atom is 0.271 e. The molecular weight excluding hydrogens is 218 g/mol. The molecule has 5 heteroatoms. The average molecular weight is 237 g/mol. The van der Waals surface area contributed by atoms with Gasteiger partial charge in [0.25, 0.3) is 5.91 Å². The highest BCUT2D eigenvalue weighted by Crippen LogP contribution is 2.25. The van der Waals surface area contributed by atoms with Gasteiger partial charge in [0.2, 0.25) is 0 Å². The molecule has 2 rings (SSSR count). The summed E-state index contributed by atoms with van der Waals surface area (Å²) in [4.78, 5) is 13.6. The summed E-state index contributed by atoms with van der Waals surface area (Å²) in [6.07, 6.45) is 5.40. The standard InChI is InChI=1S/C12H19N3O2/c1-15(12(17)10-6-7-13-14-10)8-9-4-2-3-5-11(9)16/h6-7,9,11,16H,2-5,8H2,1H3,(H,13,14). The number of hydrogen-bond donors (Lipinski definition) is 2. The van der Waals surface area contributed by atoms with Gasteiger partial charge >= 0.3 is 0 Å². The average Bonchev–Trinajstić information content (AvgIpc) is 2.84. The Morgan fingerprint density at radius 2 is 2.35 bits per heavy atom. The highest BCUT2D eigenvalue weighted by molar-refractivity contribution is 5.91. The molecule has 5 nitrogen and oxygen atoms in total. The minimum Gasteiger partial charge on any atom is -0.393 e. The van der Waals surface area contributed by atoms with Gasteiger partial charge in [-0.1, -0.05) is 12.8 Å². The van der Waals surface area contributed by atoms with E-state index in [0.717, 1.165) is 25.7 Å². The van der Waals surface area contributed by atoms with Crippen LogP contribution in [-0.4, -0.2) is 45.8 Å². The number of carbonyl (C=O) groups is 1. The Kier molecular flexibility index (Phi) is 3.78. The first-order chi connectivity index (χ1) is 8.18. The number of hydrogen-bond acceptors (Lipinski definition) is 3. The Hall–Kier alpha value is -1.36. The zero-order chi connectivity index (χ0) is 12.3. The Morgan fingerprint density at radius 3 is 3.00 bits per heavy atom. The van der Waals surface area contributed by atoms with E-state index in [9.17, 15) is 9.90 Å². The molecule has 1 heterocycles. The summed E-state index contributed by atoms with van der Waals surface area (Å²) in [6.45, 7) is 0.610. The third-order valence-corrected chi connectivity index (χ3v) is 3.46. The van der Waals surface area contributed by atoms with E-state index in [2.05, 4.69) is 10.2 Å². The molecule has 0 saturated heterocycles. The Balaban J connectivity index is 1.92. The molecule has 17 heavy (non-hydrogen) atoms. The van der Waals surface area contributed by atoms with Crippen LogP contribution in [0, 0.1) is 5.92 Å². The summed E-state index contributed by atoms with van der Waals surface area (Å²) < 4.78 is 0. The second-order valence-corrected chi connectivity index (χ2v) is 4.77. The van der Waals surface area contributed by atoms with Gasteiger partial charge in [0.15, 0.2) is 0 Å². The lowest BCUT2D eigenvalue weighted by molar-refractivity contribution is 0.0448. The lowest BCUT2D eigenvalue weighted by atomic mass is 9.86. The molecule has 1 aromatic heterocycles. The number of nitrogens with one attached hydrogen (secondary N) is 1. The molecule has 0 bridgehead atoms. The fourth-order valence-corrected chi connectivity index (χ4v) is 2.42. The summed E-state index contributed by atoms with van der Waals surface area (Å²) in [5.41, 5.74) is 0.498. The molecule has 0 aliphatic heterocycles. The number of aromatic nitrogens is 2. The molecule has 1 amide bonds. The SMILES string of the molecule is CN(CC1CCCCC1O)C(=O)c1ccn[nH]1. The first-order valence-electron chi connectivity index (χ1n) is 6.11. The summed E-state index contributed by atoms with van der Waals surface area (Å²) in [5.74, 6) is 0.140. The van der Waals surface area contributed by atoms with E-state index < -0.39 is 0 Å². The minimum absolute atomic E-state index is 0.0692. The number of amides is 1. The molecule has 0 aromatic carbocycles. The van der Waals surface area contributed by atoms with Crippen molar-refractivity contribution in [3.8, 4) is 0 Å². The Morgan fingerprint density at radius 1 is 1.59 bits per heavy atom. The van der Waals surface area contributed by atoms with Gasteiger partial charge in [0.1, 0.15) is 5.69 Å². The van der Waals surface area contributed by atoms with Gasteiger partial charge < -0.3 is 10.0 Å². The first-order valence-corrected chi connectivity index (χ1v) is 6.11. The maximum absolute atomic E-state index is 12.0. The molecule has 1 aliphatic rings. The summed E-state index contributed by atoms with van der Waals surface area (Å²) >= 11 is 0. The van der Waals surface area contributed by atoms with E-state index in [4.69, 9.17) is 0 Å². The number of aromatic amines is 1. The van der Waals surface area contributed by atoms with Gasteiger partial charge in [0, 0.05) is 25.7 Å². The number of carbonyl (C=O) groups excluding carboxylic acids is 1. The van der Waals surface area contributed by atoms with Gasteiger partial charge in [0.05, 0.1) is 6.10 Å². The minimum atomic E-state index is -0.263. The number of nitrogens with zero attached hydrogens (tertiary/aromatic N) is 2. The van der Waals surface area contributed by atoms with Crippen molar-refractivity contribution in [1.29, 1.82) is 0 Å². The van der Waals surface area contributed by atoms with Crippen molar-refractivity contribution in [2.45, 2.75) is 31.8 Å². The molecule has 2 N–H and O–H groups in total. The quantitative estimate of drug-likeness (QED) is 0.825. The van der Waals surface area contributed by atoms with Crippen molar-refractivity contribution in [2.75, 3.05) is 13.6 Å². The van der Waals surface area contributed by atoms with Crippen LogP contribution in [0.3, 0.4) is 0 Å². The third-order valence-electron chi connectivity index (χ3n) is 3.46. The van der Waals surface area contributed by atoms with Gasteiger partial charge in [-0.2, -0.15) is 5.10 Å². The normalized spacial score (nSPS) is 24.6. The van der Waals surface area contributed by atoms with Gasteiger partial charge in [-0.15, -0.1) is 0 Å². The fourth-order valence-electron chi connectivity index (χ4n) is 2.42. The van der Waals surface area contributed by atoms with Crippen LogP contribution in [0.5, 0.6) is 0 Å². The van der Waals surface area contributed by atoms with Crippen LogP contribution in [0.4, 0.5) is 0 Å². The molecule has 2 atom stereocenters. The van der Waals surface area contributed by atoms with Crippen molar-refractivity contribution in [2.24, 2.45) is 5.92 Å². The van der Waals surface area contributed by atoms with Crippen molar-refractivity contribution in [1.82, 2.24) is 15.1 Å². The van der Waals surface area contributed by atoms with Gasteiger partial charge in [-0.05, 0) is 18.9 Å². The van der Waals surface area contributed by atoms with Crippen LogP contribution < -0.4 is 0 Å². The molecule has 0 spiro atoms. The lowest BCUT2D eigenvalue weighted by Crippen LogP contribution is -2.38. The Labute approximate surface area is 101 Å². The van der Waals surface area contributed by atoms with Crippen LogP contribution >= 0.6 is 0 Å². The number of aliphatic hydroxyl groups excluding tert-OH is 1. The molecule has 1 fully saturated rings. The molecule has 1 aromatic rings. The van der Waals surface area contributed by atoms with Crippen LogP contribution in [0.15, 0.2) is 12.3 Å². The van der Waals surface area contributed by atoms with Gasteiger partial charge in [-0.25, -0.2) is 0 Å². The van der Waals surface area contributed by atoms with Crippen molar-refractivity contribution >= 4 is 5.91 Å². The zero-order valence-electron chi connectivity index (χ0n) is 10.1. The number of H-pyrrole nitrogens is 1. The van der Waals surface area contributed by atoms with E-state index >= 15 is 0 Å². The third kappa shape index (κ3) is 2.85. The smallest absolute Gasteiger partial charge is 0.271 e. The zero-order valence-corrected chi connectivity index (χ0v) is 10.1. The van der Waals surface area contributed by atoms with Crippen molar-refractivity contribution in [3.63, 3.8) is 0 Å². The molecule has 94 valence electrons. The molecular formula is C12H19N3O2. The number of rotatable bonds is 3. The van der Waals surface area contributed by atoms with E-state index in [-0.39, 0.29) is 17.9 Å². The first kappa shape index (κ1) is 12.1. The predicted octanol–water partition coefficient (Wildman–Crippen LogP) is 1.03. The van der Waals surface area contributed by atoms with Crippen molar-refractivity contribution in [3.05, 3.63) is 18.0 Å². The van der Waals surface area contributed by atoms with Crippen LogP contribution in [-0.2, 0) is 0 Å². The molecule has 2 unspecified atom stereocenters. The van der Waals surface area contributed by atoms with E-state index in [1.165, 1.54) is 0 Å². The fraction of sp³-hybridized carbons (Fsp3) is 0.667.